The Morgan fingerprint density at radius 1 is 1.03 bits per heavy atom. The Morgan fingerprint density at radius 2 is 1.72 bits per heavy atom. The van der Waals surface area contributed by atoms with Gasteiger partial charge in [0.2, 0.25) is 0 Å². The molecule has 0 saturated carbocycles. The minimum absolute atomic E-state index is 0.0105. The smallest absolute Gasteiger partial charge is 0.279 e. The number of ether oxygens (including phenoxy) is 2. The lowest BCUT2D eigenvalue weighted by molar-refractivity contribution is -0.133. The van der Waals surface area contributed by atoms with Crippen molar-refractivity contribution in [1.29, 1.82) is 0 Å². The standard InChI is InChI=1S/C25H33BrN2O4/c1-7-16(2)19-10-8-9-11-21(19)32-17(3)24(30)28-27-23(29)15-31-22-13-12-18(14-20(22)26)25(4,5)6/h8-14,16-17H,7,15H2,1-6H3,(H,27,29)(H,28,30). The summed E-state index contributed by atoms with van der Waals surface area (Å²) in [6.45, 7) is 12.0. The lowest BCUT2D eigenvalue weighted by atomic mass is 9.87. The van der Waals surface area contributed by atoms with Crippen molar-refractivity contribution >= 4 is 27.7 Å². The zero-order valence-corrected chi connectivity index (χ0v) is 21.2. The number of hydrogen-bond acceptors (Lipinski definition) is 4. The van der Waals surface area contributed by atoms with Crippen LogP contribution in [0.4, 0.5) is 0 Å². The monoisotopic (exact) mass is 504 g/mol. The highest BCUT2D eigenvalue weighted by molar-refractivity contribution is 9.10. The van der Waals surface area contributed by atoms with Crippen molar-refractivity contribution < 1.29 is 19.1 Å². The Bertz CT molecular complexity index is 940. The summed E-state index contributed by atoms with van der Waals surface area (Å²) in [4.78, 5) is 24.5. The summed E-state index contributed by atoms with van der Waals surface area (Å²) in [5.41, 5.74) is 6.97. The molecule has 2 unspecified atom stereocenters. The number of para-hydroxylation sites is 1. The molecule has 0 aliphatic heterocycles. The van der Waals surface area contributed by atoms with E-state index < -0.39 is 17.9 Å². The number of hydrazine groups is 1. The van der Waals surface area contributed by atoms with Gasteiger partial charge in [-0.05, 0) is 69.9 Å². The molecule has 0 heterocycles. The Balaban J connectivity index is 1.85. The van der Waals surface area contributed by atoms with E-state index in [0.717, 1.165) is 22.0 Å². The van der Waals surface area contributed by atoms with Crippen LogP contribution in [0.2, 0.25) is 0 Å². The number of benzene rings is 2. The zero-order valence-electron chi connectivity index (χ0n) is 19.6. The molecule has 0 aliphatic rings. The maximum Gasteiger partial charge on any atom is 0.279 e. The number of nitrogens with one attached hydrogen (secondary N) is 2. The van der Waals surface area contributed by atoms with Crippen LogP contribution in [-0.4, -0.2) is 24.5 Å². The fourth-order valence-electron chi connectivity index (χ4n) is 2.96. The predicted molar refractivity (Wildman–Crippen MR) is 130 cm³/mol. The lowest BCUT2D eigenvalue weighted by Gasteiger charge is -2.20. The molecule has 0 radical (unpaired) electrons. The quantitative estimate of drug-likeness (QED) is 0.481. The number of carbonyl (C=O) groups is 2. The Labute approximate surface area is 199 Å². The molecule has 2 N–H and O–H groups in total. The van der Waals surface area contributed by atoms with Crippen LogP contribution >= 0.6 is 15.9 Å². The second-order valence-electron chi connectivity index (χ2n) is 8.83. The second kappa shape index (κ2) is 11.4. The molecule has 174 valence electrons. The van der Waals surface area contributed by atoms with Crippen LogP contribution in [0.3, 0.4) is 0 Å². The van der Waals surface area contributed by atoms with Crippen LogP contribution in [0.1, 0.15) is 65.0 Å². The molecule has 0 fully saturated rings. The van der Waals surface area contributed by atoms with Crippen molar-refractivity contribution in [2.24, 2.45) is 0 Å². The number of carbonyl (C=O) groups excluding carboxylic acids is 2. The zero-order chi connectivity index (χ0) is 23.9. The normalized spacial score (nSPS) is 13.1. The van der Waals surface area contributed by atoms with Crippen molar-refractivity contribution in [2.45, 2.75) is 65.4 Å². The fraction of sp³-hybridized carbons (Fsp3) is 0.440. The van der Waals surface area contributed by atoms with E-state index in [1.807, 2.05) is 42.5 Å². The van der Waals surface area contributed by atoms with E-state index in [2.05, 4.69) is 61.4 Å². The molecule has 0 saturated heterocycles. The highest BCUT2D eigenvalue weighted by Crippen LogP contribution is 2.31. The van der Waals surface area contributed by atoms with Crippen LogP contribution in [0.5, 0.6) is 11.5 Å². The third-order valence-corrected chi connectivity index (χ3v) is 5.84. The third-order valence-electron chi connectivity index (χ3n) is 5.22. The van der Waals surface area contributed by atoms with Gasteiger partial charge in [0, 0.05) is 0 Å². The van der Waals surface area contributed by atoms with Crippen molar-refractivity contribution in [3.8, 4) is 11.5 Å². The number of rotatable bonds is 8. The molecular formula is C25H33BrN2O4. The second-order valence-corrected chi connectivity index (χ2v) is 9.68. The summed E-state index contributed by atoms with van der Waals surface area (Å²) >= 11 is 3.48. The van der Waals surface area contributed by atoms with Gasteiger partial charge in [-0.25, -0.2) is 0 Å². The van der Waals surface area contributed by atoms with Gasteiger partial charge < -0.3 is 9.47 Å². The van der Waals surface area contributed by atoms with E-state index in [1.54, 1.807) is 6.92 Å². The highest BCUT2D eigenvalue weighted by Gasteiger charge is 2.19. The molecule has 32 heavy (non-hydrogen) atoms. The molecule has 0 aromatic heterocycles. The number of halogens is 1. The van der Waals surface area contributed by atoms with E-state index in [0.29, 0.717) is 17.4 Å². The topological polar surface area (TPSA) is 76.7 Å². The van der Waals surface area contributed by atoms with E-state index in [4.69, 9.17) is 9.47 Å². The van der Waals surface area contributed by atoms with Gasteiger partial charge >= 0.3 is 0 Å². The third kappa shape index (κ3) is 7.26. The summed E-state index contributed by atoms with van der Waals surface area (Å²) in [6, 6.07) is 13.4. The minimum atomic E-state index is -0.777. The molecule has 0 spiro atoms. The first-order valence-electron chi connectivity index (χ1n) is 10.8. The minimum Gasteiger partial charge on any atom is -0.483 e. The summed E-state index contributed by atoms with van der Waals surface area (Å²) in [7, 11) is 0. The van der Waals surface area contributed by atoms with Gasteiger partial charge in [-0.3, -0.25) is 20.4 Å². The van der Waals surface area contributed by atoms with Gasteiger partial charge in [-0.15, -0.1) is 0 Å². The van der Waals surface area contributed by atoms with E-state index in [-0.39, 0.29) is 12.0 Å². The maximum absolute atomic E-state index is 12.4. The van der Waals surface area contributed by atoms with Crippen LogP contribution in [-0.2, 0) is 15.0 Å². The Hall–Kier alpha value is -2.54. The van der Waals surface area contributed by atoms with Crippen molar-refractivity contribution in [3.05, 3.63) is 58.1 Å². The molecular weight excluding hydrogens is 472 g/mol. The molecule has 2 aromatic rings. The molecule has 0 aliphatic carbocycles. The van der Waals surface area contributed by atoms with Crippen molar-refractivity contribution in [1.82, 2.24) is 10.9 Å². The molecule has 7 heteroatoms. The van der Waals surface area contributed by atoms with Crippen LogP contribution < -0.4 is 20.3 Å². The average Bonchev–Trinajstić information content (AvgIpc) is 2.75. The summed E-state index contributed by atoms with van der Waals surface area (Å²) in [5.74, 6) is 0.612. The molecule has 2 aromatic carbocycles. The van der Waals surface area contributed by atoms with E-state index >= 15 is 0 Å². The fourth-order valence-corrected chi connectivity index (χ4v) is 3.45. The summed E-state index contributed by atoms with van der Waals surface area (Å²) < 4.78 is 12.2. The van der Waals surface area contributed by atoms with Gasteiger partial charge in [0.05, 0.1) is 4.47 Å². The molecule has 2 atom stereocenters. The van der Waals surface area contributed by atoms with Gasteiger partial charge in [-0.1, -0.05) is 58.9 Å². The molecule has 6 nitrogen and oxygen atoms in total. The largest absolute Gasteiger partial charge is 0.483 e. The predicted octanol–water partition coefficient (Wildman–Crippen LogP) is 5.25. The number of amides is 2. The van der Waals surface area contributed by atoms with Gasteiger partial charge in [0.1, 0.15) is 11.5 Å². The lowest BCUT2D eigenvalue weighted by Crippen LogP contribution is -2.48. The average molecular weight is 505 g/mol. The summed E-state index contributed by atoms with van der Waals surface area (Å²) in [6.07, 6.45) is 0.187. The first-order valence-corrected chi connectivity index (χ1v) is 11.6. The summed E-state index contributed by atoms with van der Waals surface area (Å²) in [5, 5.41) is 0. The van der Waals surface area contributed by atoms with Crippen LogP contribution in [0.15, 0.2) is 46.9 Å². The molecule has 0 bridgehead atoms. The van der Waals surface area contributed by atoms with E-state index in [9.17, 15) is 9.59 Å². The molecule has 2 amide bonds. The first-order chi connectivity index (χ1) is 15.0. The Kier molecular flexibility index (Phi) is 9.13. The maximum atomic E-state index is 12.4. The van der Waals surface area contributed by atoms with Gasteiger partial charge in [0.25, 0.3) is 11.8 Å². The number of hydrogen-bond donors (Lipinski definition) is 2. The first kappa shape index (κ1) is 25.7. The van der Waals surface area contributed by atoms with E-state index in [1.165, 1.54) is 0 Å². The van der Waals surface area contributed by atoms with Crippen LogP contribution in [0, 0.1) is 0 Å². The highest BCUT2D eigenvalue weighted by atomic mass is 79.9. The van der Waals surface area contributed by atoms with Crippen molar-refractivity contribution in [2.75, 3.05) is 6.61 Å². The van der Waals surface area contributed by atoms with Gasteiger partial charge in [-0.2, -0.15) is 0 Å². The Morgan fingerprint density at radius 3 is 2.34 bits per heavy atom. The van der Waals surface area contributed by atoms with Crippen LogP contribution in [0.25, 0.3) is 0 Å². The van der Waals surface area contributed by atoms with Gasteiger partial charge in [0.15, 0.2) is 12.7 Å². The SMILES string of the molecule is CCC(C)c1ccccc1OC(C)C(=O)NNC(=O)COc1ccc(C(C)(C)C)cc1Br. The van der Waals surface area contributed by atoms with Crippen molar-refractivity contribution in [3.63, 3.8) is 0 Å². The molecule has 2 rings (SSSR count).